The number of ketones is 1. The van der Waals surface area contributed by atoms with Crippen molar-refractivity contribution in [2.24, 2.45) is 11.3 Å². The van der Waals surface area contributed by atoms with Crippen molar-refractivity contribution < 1.29 is 4.79 Å². The minimum atomic E-state index is 0.153. The second-order valence-electron chi connectivity index (χ2n) is 3.61. The molecule has 0 aliphatic heterocycles. The Morgan fingerprint density at radius 2 is 2.33 bits per heavy atom. The third-order valence-corrected chi connectivity index (χ3v) is 3.27. The van der Waals surface area contributed by atoms with Gasteiger partial charge in [-0.15, -0.1) is 0 Å². The van der Waals surface area contributed by atoms with Gasteiger partial charge in [-0.1, -0.05) is 6.92 Å². The molecule has 2 rings (SSSR count). The highest BCUT2D eigenvalue weighted by Gasteiger charge is 2.51. The Balaban J connectivity index is 2.28. The summed E-state index contributed by atoms with van der Waals surface area (Å²) in [5.41, 5.74) is 0.153. The van der Waals surface area contributed by atoms with Gasteiger partial charge in [0.15, 0.2) is 0 Å². The summed E-state index contributed by atoms with van der Waals surface area (Å²) in [5.74, 6) is 1.30. The Morgan fingerprint density at radius 3 is 2.56 bits per heavy atom. The third kappa shape index (κ3) is 0.480. The van der Waals surface area contributed by atoms with Gasteiger partial charge in [0.05, 0.1) is 0 Å². The Morgan fingerprint density at radius 1 is 1.56 bits per heavy atom. The number of rotatable bonds is 0. The van der Waals surface area contributed by atoms with Crippen LogP contribution in [0.4, 0.5) is 0 Å². The molecule has 0 bridgehead atoms. The highest BCUT2D eigenvalue weighted by atomic mass is 16.1. The fourth-order valence-electron chi connectivity index (χ4n) is 2.20. The molecule has 1 nitrogen and oxygen atoms in total. The van der Waals surface area contributed by atoms with Crippen LogP contribution < -0.4 is 0 Å². The lowest BCUT2D eigenvalue weighted by molar-refractivity contribution is -0.130. The average molecular weight is 124 g/mol. The van der Waals surface area contributed by atoms with Crippen LogP contribution in [-0.2, 0) is 4.79 Å². The summed E-state index contributed by atoms with van der Waals surface area (Å²) in [4.78, 5) is 11.2. The lowest BCUT2D eigenvalue weighted by Gasteiger charge is -2.40. The molecule has 0 aromatic heterocycles. The average Bonchev–Trinajstić information content (AvgIpc) is 1.96. The summed E-state index contributed by atoms with van der Waals surface area (Å²) in [6, 6.07) is 0. The van der Waals surface area contributed by atoms with Crippen LogP contribution in [0.25, 0.3) is 0 Å². The molecular weight excluding hydrogens is 112 g/mol. The third-order valence-electron chi connectivity index (χ3n) is 3.27. The quantitative estimate of drug-likeness (QED) is 0.481. The predicted octanol–water partition coefficient (Wildman–Crippen LogP) is 1.77. The summed E-state index contributed by atoms with van der Waals surface area (Å²) >= 11 is 0. The lowest BCUT2D eigenvalue weighted by Crippen LogP contribution is -2.37. The van der Waals surface area contributed by atoms with E-state index in [-0.39, 0.29) is 5.41 Å². The monoisotopic (exact) mass is 124 g/mol. The van der Waals surface area contributed by atoms with Gasteiger partial charge in [0.1, 0.15) is 5.78 Å². The van der Waals surface area contributed by atoms with E-state index in [4.69, 9.17) is 0 Å². The molecule has 2 aliphatic carbocycles. The summed E-state index contributed by atoms with van der Waals surface area (Å²) in [5, 5.41) is 0. The Labute approximate surface area is 55.4 Å². The molecule has 0 heterocycles. The van der Waals surface area contributed by atoms with Crippen LogP contribution in [0.2, 0.25) is 0 Å². The zero-order valence-electron chi connectivity index (χ0n) is 5.81. The number of Topliss-reactive ketones (excluding diaryl/α,β-unsaturated/α-hetero) is 1. The maximum Gasteiger partial charge on any atom is 0.139 e. The molecule has 0 aromatic carbocycles. The van der Waals surface area contributed by atoms with Crippen molar-refractivity contribution in [1.29, 1.82) is 0 Å². The summed E-state index contributed by atoms with van der Waals surface area (Å²) < 4.78 is 0. The van der Waals surface area contributed by atoms with E-state index in [0.717, 1.165) is 18.8 Å². The van der Waals surface area contributed by atoms with Crippen molar-refractivity contribution in [3.05, 3.63) is 0 Å². The van der Waals surface area contributed by atoms with E-state index in [1.54, 1.807) is 0 Å². The van der Waals surface area contributed by atoms with Crippen molar-refractivity contribution in [1.82, 2.24) is 0 Å². The van der Waals surface area contributed by atoms with E-state index in [9.17, 15) is 4.79 Å². The molecule has 9 heavy (non-hydrogen) atoms. The molecule has 0 spiro atoms. The van der Waals surface area contributed by atoms with Gasteiger partial charge < -0.3 is 0 Å². The van der Waals surface area contributed by atoms with Gasteiger partial charge in [-0.25, -0.2) is 0 Å². The minimum absolute atomic E-state index is 0.153. The molecule has 0 amide bonds. The largest absolute Gasteiger partial charge is 0.299 e. The van der Waals surface area contributed by atoms with Crippen LogP contribution >= 0.6 is 0 Å². The number of hydrogen-bond acceptors (Lipinski definition) is 1. The zero-order valence-corrected chi connectivity index (χ0v) is 5.81. The second kappa shape index (κ2) is 1.39. The van der Waals surface area contributed by atoms with Crippen molar-refractivity contribution in [3.8, 4) is 0 Å². The van der Waals surface area contributed by atoms with Gasteiger partial charge in [0, 0.05) is 11.8 Å². The van der Waals surface area contributed by atoms with E-state index in [2.05, 4.69) is 6.92 Å². The summed E-state index contributed by atoms with van der Waals surface area (Å²) in [7, 11) is 0. The molecule has 0 saturated heterocycles. The van der Waals surface area contributed by atoms with Gasteiger partial charge in [-0.05, 0) is 25.2 Å². The van der Waals surface area contributed by atoms with Gasteiger partial charge in [0.2, 0.25) is 0 Å². The van der Waals surface area contributed by atoms with E-state index in [1.165, 1.54) is 12.8 Å². The molecule has 1 heteroatoms. The van der Waals surface area contributed by atoms with Crippen LogP contribution in [0.3, 0.4) is 0 Å². The highest BCUT2D eigenvalue weighted by Crippen LogP contribution is 2.54. The zero-order chi connectivity index (χ0) is 6.48. The molecule has 2 unspecified atom stereocenters. The van der Waals surface area contributed by atoms with E-state index < -0.39 is 0 Å². The SMILES string of the molecule is CC12CCC1CCC2=O. The molecule has 50 valence electrons. The van der Waals surface area contributed by atoms with Gasteiger partial charge in [-0.3, -0.25) is 4.79 Å². The van der Waals surface area contributed by atoms with E-state index in [0.29, 0.717) is 5.78 Å². The Bertz CT molecular complexity index is 162. The highest BCUT2D eigenvalue weighted by molar-refractivity contribution is 5.87. The first-order valence-corrected chi connectivity index (χ1v) is 3.77. The molecule has 2 saturated carbocycles. The number of hydrogen-bond donors (Lipinski definition) is 0. The summed E-state index contributed by atoms with van der Waals surface area (Å²) in [6.45, 7) is 2.14. The van der Waals surface area contributed by atoms with E-state index >= 15 is 0 Å². The molecule has 0 radical (unpaired) electrons. The fourth-order valence-corrected chi connectivity index (χ4v) is 2.20. The van der Waals surface area contributed by atoms with Crippen molar-refractivity contribution in [3.63, 3.8) is 0 Å². The molecule has 0 aromatic rings. The summed E-state index contributed by atoms with van der Waals surface area (Å²) in [6.07, 6.45) is 4.51. The smallest absolute Gasteiger partial charge is 0.139 e. The molecular formula is C8H12O. The minimum Gasteiger partial charge on any atom is -0.299 e. The second-order valence-corrected chi connectivity index (χ2v) is 3.61. The first-order chi connectivity index (χ1) is 4.23. The first kappa shape index (κ1) is 5.45. The van der Waals surface area contributed by atoms with Crippen molar-refractivity contribution >= 4 is 5.78 Å². The van der Waals surface area contributed by atoms with Crippen molar-refractivity contribution in [2.45, 2.75) is 32.6 Å². The Hall–Kier alpha value is -0.330. The molecule has 2 fully saturated rings. The number of fused-ring (bicyclic) bond motifs is 1. The van der Waals surface area contributed by atoms with Crippen LogP contribution in [0.15, 0.2) is 0 Å². The van der Waals surface area contributed by atoms with Gasteiger partial charge >= 0.3 is 0 Å². The molecule has 2 atom stereocenters. The molecule has 0 N–H and O–H groups in total. The standard InChI is InChI=1S/C8H12O/c1-8-5-4-6(8)2-3-7(8)9/h6H,2-5H2,1H3. The fraction of sp³-hybridized carbons (Fsp3) is 0.875. The van der Waals surface area contributed by atoms with Crippen LogP contribution in [-0.4, -0.2) is 5.78 Å². The topological polar surface area (TPSA) is 17.1 Å². The van der Waals surface area contributed by atoms with Crippen LogP contribution in [0.1, 0.15) is 32.6 Å². The Kier molecular flexibility index (Phi) is 0.842. The van der Waals surface area contributed by atoms with Gasteiger partial charge in [0.25, 0.3) is 0 Å². The number of carbonyl (C=O) groups is 1. The van der Waals surface area contributed by atoms with Crippen molar-refractivity contribution in [2.75, 3.05) is 0 Å². The van der Waals surface area contributed by atoms with Gasteiger partial charge in [-0.2, -0.15) is 0 Å². The maximum atomic E-state index is 11.2. The normalized spacial score (nSPS) is 48.6. The lowest BCUT2D eigenvalue weighted by atomic mass is 9.63. The maximum absolute atomic E-state index is 11.2. The molecule has 2 aliphatic rings. The predicted molar refractivity (Wildman–Crippen MR) is 35.1 cm³/mol. The van der Waals surface area contributed by atoms with Crippen LogP contribution in [0, 0.1) is 11.3 Å². The van der Waals surface area contributed by atoms with Crippen LogP contribution in [0.5, 0.6) is 0 Å². The van der Waals surface area contributed by atoms with E-state index in [1.807, 2.05) is 0 Å². The first-order valence-electron chi connectivity index (χ1n) is 3.77. The number of carbonyl (C=O) groups excluding carboxylic acids is 1.